The lowest BCUT2D eigenvalue weighted by Gasteiger charge is -2.27. The van der Waals surface area contributed by atoms with E-state index in [1.807, 2.05) is 29.2 Å². The van der Waals surface area contributed by atoms with Crippen LogP contribution in [0.4, 0.5) is 0 Å². The zero-order valence-corrected chi connectivity index (χ0v) is 13.6. The summed E-state index contributed by atoms with van der Waals surface area (Å²) < 4.78 is 1.03. The Labute approximate surface area is 124 Å². The fourth-order valence-corrected chi connectivity index (χ4v) is 2.53. The summed E-state index contributed by atoms with van der Waals surface area (Å²) in [5.41, 5.74) is 0.822. The molecule has 0 bridgehead atoms. The van der Waals surface area contributed by atoms with Gasteiger partial charge >= 0.3 is 0 Å². The number of halogens is 1. The first-order valence-corrected chi connectivity index (χ1v) is 7.71. The van der Waals surface area contributed by atoms with E-state index in [4.69, 9.17) is 0 Å². The molecule has 0 N–H and O–H groups in total. The van der Waals surface area contributed by atoms with E-state index in [2.05, 4.69) is 43.4 Å². The Morgan fingerprint density at radius 3 is 2.50 bits per heavy atom. The fourth-order valence-electron chi connectivity index (χ4n) is 1.92. The smallest absolute Gasteiger partial charge is 0.255 e. The average Bonchev–Trinajstić information content (AvgIpc) is 2.34. The van der Waals surface area contributed by atoms with Gasteiger partial charge in [0.1, 0.15) is 0 Å². The highest BCUT2D eigenvalue weighted by molar-refractivity contribution is 14.1. The lowest BCUT2D eigenvalue weighted by Crippen LogP contribution is -2.38. The molecule has 0 aliphatic carbocycles. The predicted molar refractivity (Wildman–Crippen MR) is 84.9 cm³/mol. The number of benzene rings is 1. The number of nitrogens with zero attached hydrogens (tertiary/aromatic N) is 1. The molecule has 0 atom stereocenters. The normalized spacial score (nSPS) is 10.7. The molecule has 1 rings (SSSR count). The van der Waals surface area contributed by atoms with Crippen molar-refractivity contribution in [3.8, 4) is 0 Å². The molecule has 100 valence electrons. The zero-order valence-electron chi connectivity index (χ0n) is 11.4. The van der Waals surface area contributed by atoms with Crippen LogP contribution in [0.15, 0.2) is 24.3 Å². The van der Waals surface area contributed by atoms with Crippen molar-refractivity contribution in [2.24, 2.45) is 0 Å². The Morgan fingerprint density at radius 1 is 1.28 bits per heavy atom. The van der Waals surface area contributed by atoms with Gasteiger partial charge in [-0.15, -0.1) is 0 Å². The third kappa shape index (κ3) is 4.26. The van der Waals surface area contributed by atoms with E-state index in [0.29, 0.717) is 0 Å². The van der Waals surface area contributed by atoms with Gasteiger partial charge in [0.25, 0.3) is 5.91 Å². The van der Waals surface area contributed by atoms with Gasteiger partial charge in [0, 0.05) is 16.2 Å². The fraction of sp³-hybridized carbons (Fsp3) is 0.533. The van der Waals surface area contributed by atoms with E-state index in [9.17, 15) is 4.79 Å². The summed E-state index contributed by atoms with van der Waals surface area (Å²) in [4.78, 5) is 14.5. The molecule has 0 radical (unpaired) electrons. The molecule has 18 heavy (non-hydrogen) atoms. The second kappa shape index (κ2) is 7.77. The highest BCUT2D eigenvalue weighted by atomic mass is 127. The van der Waals surface area contributed by atoms with Gasteiger partial charge in [-0.2, -0.15) is 0 Å². The summed E-state index contributed by atoms with van der Waals surface area (Å²) in [6.45, 7) is 7.20. The predicted octanol–water partition coefficient (Wildman–Crippen LogP) is 4.33. The van der Waals surface area contributed by atoms with Crippen LogP contribution in [0, 0.1) is 3.57 Å². The summed E-state index contributed by atoms with van der Waals surface area (Å²) in [7, 11) is 0. The second-order valence-corrected chi connectivity index (χ2v) is 5.94. The number of amides is 1. The lowest BCUT2D eigenvalue weighted by atomic mass is 10.1. The van der Waals surface area contributed by atoms with Crippen LogP contribution in [0.3, 0.4) is 0 Å². The van der Waals surface area contributed by atoms with E-state index in [0.717, 1.165) is 22.1 Å². The largest absolute Gasteiger partial charge is 0.336 e. The molecule has 1 amide bonds. The Balaban J connectivity index is 2.80. The maximum Gasteiger partial charge on any atom is 0.255 e. The van der Waals surface area contributed by atoms with Crippen molar-refractivity contribution in [3.05, 3.63) is 33.4 Å². The van der Waals surface area contributed by atoms with Crippen LogP contribution in [-0.4, -0.2) is 23.4 Å². The number of hydrogen-bond acceptors (Lipinski definition) is 1. The minimum atomic E-state index is 0.158. The Kier molecular flexibility index (Phi) is 6.68. The van der Waals surface area contributed by atoms with Gasteiger partial charge in [-0.1, -0.05) is 31.9 Å². The highest BCUT2D eigenvalue weighted by Gasteiger charge is 2.19. The third-order valence-electron chi connectivity index (χ3n) is 2.99. The summed E-state index contributed by atoms with van der Waals surface area (Å²) in [5, 5.41) is 0. The summed E-state index contributed by atoms with van der Waals surface area (Å²) in [6, 6.07) is 8.05. The Hall–Kier alpha value is -0.580. The molecule has 0 spiro atoms. The standard InChI is InChI=1S/C15H22INO/c1-4-5-8-11-17(12(2)3)15(18)13-9-6-7-10-14(13)16/h6-7,9-10,12H,4-5,8,11H2,1-3H3. The summed E-state index contributed by atoms with van der Waals surface area (Å²) in [5.74, 6) is 0.158. The van der Waals surface area contributed by atoms with Crippen molar-refractivity contribution >= 4 is 28.5 Å². The minimum Gasteiger partial charge on any atom is -0.336 e. The minimum absolute atomic E-state index is 0.158. The number of carbonyl (C=O) groups is 1. The first-order chi connectivity index (χ1) is 8.57. The van der Waals surface area contributed by atoms with Crippen LogP contribution in [0.25, 0.3) is 0 Å². The molecule has 2 nitrogen and oxygen atoms in total. The van der Waals surface area contributed by atoms with Gasteiger partial charge < -0.3 is 4.90 Å². The molecule has 1 aromatic rings. The van der Waals surface area contributed by atoms with Gasteiger partial charge in [0.05, 0.1) is 5.56 Å². The monoisotopic (exact) mass is 359 g/mol. The second-order valence-electron chi connectivity index (χ2n) is 4.78. The van der Waals surface area contributed by atoms with E-state index >= 15 is 0 Å². The van der Waals surface area contributed by atoms with Gasteiger partial charge in [0.15, 0.2) is 0 Å². The van der Waals surface area contributed by atoms with Gasteiger partial charge in [-0.25, -0.2) is 0 Å². The summed E-state index contributed by atoms with van der Waals surface area (Å²) in [6.07, 6.45) is 3.45. The average molecular weight is 359 g/mol. The topological polar surface area (TPSA) is 20.3 Å². The molecule has 0 heterocycles. The van der Waals surface area contributed by atoms with Gasteiger partial charge in [0.2, 0.25) is 0 Å². The highest BCUT2D eigenvalue weighted by Crippen LogP contribution is 2.16. The van der Waals surface area contributed by atoms with Crippen molar-refractivity contribution in [3.63, 3.8) is 0 Å². The van der Waals surface area contributed by atoms with Crippen LogP contribution >= 0.6 is 22.6 Å². The quantitative estimate of drug-likeness (QED) is 0.547. The molecule has 0 aliphatic heterocycles. The number of carbonyl (C=O) groups excluding carboxylic acids is 1. The van der Waals surface area contributed by atoms with E-state index in [1.165, 1.54) is 12.8 Å². The number of hydrogen-bond donors (Lipinski definition) is 0. The number of unbranched alkanes of at least 4 members (excludes halogenated alkanes) is 2. The first-order valence-electron chi connectivity index (χ1n) is 6.63. The Morgan fingerprint density at radius 2 is 1.94 bits per heavy atom. The molecule has 0 fully saturated rings. The first kappa shape index (κ1) is 15.5. The molecule has 1 aromatic carbocycles. The SMILES string of the molecule is CCCCCN(C(=O)c1ccccc1I)C(C)C. The third-order valence-corrected chi connectivity index (χ3v) is 3.93. The van der Waals surface area contributed by atoms with Crippen molar-refractivity contribution in [1.29, 1.82) is 0 Å². The maximum absolute atomic E-state index is 12.5. The van der Waals surface area contributed by atoms with Crippen molar-refractivity contribution < 1.29 is 4.79 Å². The van der Waals surface area contributed by atoms with Crippen molar-refractivity contribution in [2.45, 2.75) is 46.1 Å². The van der Waals surface area contributed by atoms with E-state index < -0.39 is 0 Å². The van der Waals surface area contributed by atoms with Crippen LogP contribution in [0.5, 0.6) is 0 Å². The summed E-state index contributed by atoms with van der Waals surface area (Å²) >= 11 is 2.23. The van der Waals surface area contributed by atoms with Crippen LogP contribution in [0.2, 0.25) is 0 Å². The molecule has 3 heteroatoms. The number of rotatable bonds is 6. The zero-order chi connectivity index (χ0) is 13.5. The molecule has 0 saturated carbocycles. The molecular weight excluding hydrogens is 337 g/mol. The van der Waals surface area contributed by atoms with Crippen LogP contribution in [-0.2, 0) is 0 Å². The molecule has 0 unspecified atom stereocenters. The van der Waals surface area contributed by atoms with Crippen LogP contribution in [0.1, 0.15) is 50.4 Å². The van der Waals surface area contributed by atoms with E-state index in [1.54, 1.807) is 0 Å². The van der Waals surface area contributed by atoms with Crippen molar-refractivity contribution in [2.75, 3.05) is 6.54 Å². The molecule has 0 aliphatic rings. The van der Waals surface area contributed by atoms with Crippen molar-refractivity contribution in [1.82, 2.24) is 4.90 Å². The van der Waals surface area contributed by atoms with Gasteiger partial charge in [-0.3, -0.25) is 4.79 Å². The van der Waals surface area contributed by atoms with Crippen LogP contribution < -0.4 is 0 Å². The Bertz CT molecular complexity index is 390. The molecular formula is C15H22INO. The lowest BCUT2D eigenvalue weighted by molar-refractivity contribution is 0.0701. The van der Waals surface area contributed by atoms with E-state index in [-0.39, 0.29) is 11.9 Å². The van der Waals surface area contributed by atoms with Gasteiger partial charge in [-0.05, 0) is 55.0 Å². The maximum atomic E-state index is 12.5. The molecule has 0 saturated heterocycles. The molecule has 0 aromatic heterocycles.